The molecule has 0 saturated heterocycles. The summed E-state index contributed by atoms with van der Waals surface area (Å²) in [6, 6.07) is 5.89. The molecule has 2 aromatic rings. The molecule has 0 bridgehead atoms. The van der Waals surface area contributed by atoms with Gasteiger partial charge < -0.3 is 10.0 Å². The number of aliphatic hydroxyl groups excluding tert-OH is 1. The number of aromatic nitrogens is 2. The lowest BCUT2D eigenvalue weighted by atomic mass is 10.2. The number of carbonyl (C=O) groups excluding carboxylic acids is 1. The lowest BCUT2D eigenvalue weighted by Gasteiger charge is -2.07. The molecule has 5 nitrogen and oxygen atoms in total. The first-order valence-corrected chi connectivity index (χ1v) is 5.70. The van der Waals surface area contributed by atoms with Crippen molar-refractivity contribution >= 4 is 5.91 Å². The Morgan fingerprint density at radius 1 is 1.42 bits per heavy atom. The van der Waals surface area contributed by atoms with Gasteiger partial charge in [-0.25, -0.2) is 9.07 Å². The molecule has 0 unspecified atom stereocenters. The molecule has 0 radical (unpaired) electrons. The Bertz CT molecular complexity index is 608. The lowest BCUT2D eigenvalue weighted by Crippen LogP contribution is -2.22. The third-order valence-electron chi connectivity index (χ3n) is 2.66. The SMILES string of the molecule is CN(C)C(=O)c1ccn(-c2ccc(CO)cc2F)n1. The molecular weight excluding hydrogens is 249 g/mol. The first-order chi connectivity index (χ1) is 9.02. The zero-order valence-electron chi connectivity index (χ0n) is 10.7. The number of aliphatic hydroxyl groups is 1. The van der Waals surface area contributed by atoms with E-state index in [4.69, 9.17) is 5.11 Å². The second-order valence-electron chi connectivity index (χ2n) is 4.29. The second-order valence-corrected chi connectivity index (χ2v) is 4.29. The Labute approximate surface area is 109 Å². The Morgan fingerprint density at radius 2 is 2.16 bits per heavy atom. The van der Waals surface area contributed by atoms with E-state index >= 15 is 0 Å². The van der Waals surface area contributed by atoms with Gasteiger partial charge in [0.1, 0.15) is 11.5 Å². The van der Waals surface area contributed by atoms with E-state index in [2.05, 4.69) is 5.10 Å². The molecular formula is C13H14FN3O2. The van der Waals surface area contributed by atoms with E-state index in [1.807, 2.05) is 0 Å². The molecule has 1 amide bonds. The van der Waals surface area contributed by atoms with Crippen LogP contribution in [0.5, 0.6) is 0 Å². The van der Waals surface area contributed by atoms with Gasteiger partial charge in [0.2, 0.25) is 0 Å². The van der Waals surface area contributed by atoms with Gasteiger partial charge in [-0.2, -0.15) is 5.10 Å². The minimum atomic E-state index is -0.501. The molecule has 1 aromatic carbocycles. The number of hydrogen-bond acceptors (Lipinski definition) is 3. The normalized spacial score (nSPS) is 10.5. The largest absolute Gasteiger partial charge is 0.392 e. The third-order valence-corrected chi connectivity index (χ3v) is 2.66. The zero-order valence-corrected chi connectivity index (χ0v) is 10.7. The molecule has 1 aromatic heterocycles. The standard InChI is InChI=1S/C13H14FN3O2/c1-16(2)13(19)11-5-6-17(15-11)12-4-3-9(8-18)7-10(12)14/h3-7,18H,8H2,1-2H3. The van der Waals surface area contributed by atoms with Crippen molar-refractivity contribution in [1.29, 1.82) is 0 Å². The molecule has 0 aliphatic carbocycles. The van der Waals surface area contributed by atoms with Crippen LogP contribution in [0.15, 0.2) is 30.5 Å². The summed E-state index contributed by atoms with van der Waals surface area (Å²) in [4.78, 5) is 13.1. The van der Waals surface area contributed by atoms with Crippen molar-refractivity contribution in [3.05, 3.63) is 47.5 Å². The first-order valence-electron chi connectivity index (χ1n) is 5.70. The summed E-state index contributed by atoms with van der Waals surface area (Å²) in [6.45, 7) is -0.222. The van der Waals surface area contributed by atoms with Crippen molar-refractivity contribution in [3.8, 4) is 5.69 Å². The van der Waals surface area contributed by atoms with Crippen molar-refractivity contribution in [2.75, 3.05) is 14.1 Å². The topological polar surface area (TPSA) is 58.4 Å². The van der Waals surface area contributed by atoms with Crippen LogP contribution in [0.25, 0.3) is 5.69 Å². The van der Waals surface area contributed by atoms with Crippen LogP contribution in [0.1, 0.15) is 16.1 Å². The number of nitrogens with zero attached hydrogens (tertiary/aromatic N) is 3. The maximum atomic E-state index is 13.8. The fraction of sp³-hybridized carbons (Fsp3) is 0.231. The van der Waals surface area contributed by atoms with Gasteiger partial charge in [0.25, 0.3) is 5.91 Å². The monoisotopic (exact) mass is 263 g/mol. The van der Waals surface area contributed by atoms with Crippen LogP contribution in [-0.4, -0.2) is 39.8 Å². The molecule has 0 aliphatic rings. The van der Waals surface area contributed by atoms with E-state index in [0.29, 0.717) is 5.56 Å². The van der Waals surface area contributed by atoms with E-state index in [0.717, 1.165) is 0 Å². The van der Waals surface area contributed by atoms with Gasteiger partial charge in [0, 0.05) is 20.3 Å². The number of benzene rings is 1. The zero-order chi connectivity index (χ0) is 14.0. The van der Waals surface area contributed by atoms with Crippen LogP contribution in [0.2, 0.25) is 0 Å². The smallest absolute Gasteiger partial charge is 0.273 e. The number of amides is 1. The fourth-order valence-corrected chi connectivity index (χ4v) is 1.64. The molecule has 100 valence electrons. The van der Waals surface area contributed by atoms with Crippen LogP contribution in [0.4, 0.5) is 4.39 Å². The van der Waals surface area contributed by atoms with Crippen molar-refractivity contribution in [3.63, 3.8) is 0 Å². The van der Waals surface area contributed by atoms with E-state index in [-0.39, 0.29) is 23.9 Å². The van der Waals surface area contributed by atoms with E-state index in [1.54, 1.807) is 20.2 Å². The molecule has 0 spiro atoms. The minimum absolute atomic E-state index is 0.222. The van der Waals surface area contributed by atoms with Crippen molar-refractivity contribution < 1.29 is 14.3 Å². The minimum Gasteiger partial charge on any atom is -0.392 e. The molecule has 1 N–H and O–H groups in total. The molecule has 19 heavy (non-hydrogen) atoms. The average Bonchev–Trinajstić information content (AvgIpc) is 2.86. The van der Waals surface area contributed by atoms with Crippen LogP contribution < -0.4 is 0 Å². The van der Waals surface area contributed by atoms with E-state index in [9.17, 15) is 9.18 Å². The average molecular weight is 263 g/mol. The third kappa shape index (κ3) is 2.63. The lowest BCUT2D eigenvalue weighted by molar-refractivity contribution is 0.0821. The number of carbonyl (C=O) groups is 1. The highest BCUT2D eigenvalue weighted by atomic mass is 19.1. The Hall–Kier alpha value is -2.21. The van der Waals surface area contributed by atoms with Gasteiger partial charge in [-0.15, -0.1) is 0 Å². The van der Waals surface area contributed by atoms with Crippen LogP contribution in [0.3, 0.4) is 0 Å². The van der Waals surface area contributed by atoms with Gasteiger partial charge in [-0.3, -0.25) is 4.79 Å². The maximum absolute atomic E-state index is 13.8. The molecule has 2 rings (SSSR count). The van der Waals surface area contributed by atoms with Gasteiger partial charge in [0.15, 0.2) is 5.69 Å². The predicted molar refractivity (Wildman–Crippen MR) is 67.5 cm³/mol. The second kappa shape index (κ2) is 5.19. The van der Waals surface area contributed by atoms with Crippen LogP contribution in [0, 0.1) is 5.82 Å². The van der Waals surface area contributed by atoms with Gasteiger partial charge >= 0.3 is 0 Å². The molecule has 0 aliphatic heterocycles. The molecule has 0 atom stereocenters. The summed E-state index contributed by atoms with van der Waals surface area (Å²) in [6.07, 6.45) is 1.52. The van der Waals surface area contributed by atoms with Gasteiger partial charge in [-0.1, -0.05) is 6.07 Å². The van der Waals surface area contributed by atoms with E-state index < -0.39 is 5.82 Å². The summed E-state index contributed by atoms with van der Waals surface area (Å²) in [5, 5.41) is 13.0. The molecule has 0 saturated carbocycles. The summed E-state index contributed by atoms with van der Waals surface area (Å²) in [5.74, 6) is -0.746. The molecule has 1 heterocycles. The predicted octanol–water partition coefficient (Wildman–Crippen LogP) is 1.21. The Kier molecular flexibility index (Phi) is 3.62. The Balaban J connectivity index is 2.35. The molecule has 0 fully saturated rings. The fourth-order valence-electron chi connectivity index (χ4n) is 1.64. The first kappa shape index (κ1) is 13.2. The van der Waals surface area contributed by atoms with Crippen molar-refractivity contribution in [2.45, 2.75) is 6.61 Å². The maximum Gasteiger partial charge on any atom is 0.273 e. The highest BCUT2D eigenvalue weighted by Gasteiger charge is 2.13. The van der Waals surface area contributed by atoms with Crippen molar-refractivity contribution in [2.24, 2.45) is 0 Å². The Morgan fingerprint density at radius 3 is 2.74 bits per heavy atom. The summed E-state index contributed by atoms with van der Waals surface area (Å²) in [5.41, 5.74) is 0.962. The van der Waals surface area contributed by atoms with Gasteiger partial charge in [0.05, 0.1) is 6.61 Å². The summed E-state index contributed by atoms with van der Waals surface area (Å²) >= 11 is 0. The summed E-state index contributed by atoms with van der Waals surface area (Å²) in [7, 11) is 3.25. The number of halogens is 1. The van der Waals surface area contributed by atoms with Crippen LogP contribution >= 0.6 is 0 Å². The number of hydrogen-bond donors (Lipinski definition) is 1. The quantitative estimate of drug-likeness (QED) is 0.905. The van der Waals surface area contributed by atoms with Gasteiger partial charge in [-0.05, 0) is 23.8 Å². The highest BCUT2D eigenvalue weighted by molar-refractivity contribution is 5.91. The van der Waals surface area contributed by atoms with Crippen molar-refractivity contribution in [1.82, 2.24) is 14.7 Å². The highest BCUT2D eigenvalue weighted by Crippen LogP contribution is 2.15. The van der Waals surface area contributed by atoms with E-state index in [1.165, 1.54) is 34.0 Å². The molecule has 6 heteroatoms. The summed E-state index contributed by atoms with van der Waals surface area (Å²) < 4.78 is 15.1. The number of rotatable bonds is 3. The van der Waals surface area contributed by atoms with Crippen LogP contribution in [-0.2, 0) is 6.61 Å².